The second kappa shape index (κ2) is 8.33. The van der Waals surface area contributed by atoms with Gasteiger partial charge in [0.1, 0.15) is 0 Å². The first-order valence-corrected chi connectivity index (χ1v) is 8.22. The molecule has 1 nitrogen and oxygen atoms in total. The van der Waals surface area contributed by atoms with Gasteiger partial charge in [0.2, 0.25) is 0 Å². The van der Waals surface area contributed by atoms with Gasteiger partial charge in [-0.05, 0) is 22.0 Å². The first kappa shape index (κ1) is 16.2. The van der Waals surface area contributed by atoms with Crippen LogP contribution in [0.1, 0.15) is 0 Å². The molecule has 0 aliphatic rings. The van der Waals surface area contributed by atoms with Crippen molar-refractivity contribution in [3.8, 4) is 22.4 Å². The fraction of sp³-hybridized carbons (Fsp3) is 0. The SMILES string of the molecule is Brc1cccc(-c2[c-]c(-c3[c-]cccc3)ccc2)n1.[Cl][Ni]. The van der Waals surface area contributed by atoms with Crippen molar-refractivity contribution in [3.05, 3.63) is 77.4 Å². The standard InChI is InChI=1S/C17H10BrN.ClH.Ni/c18-17-11-5-10-16(19-17)15-9-4-8-14(12-15)13-6-2-1-3-7-13;;/h1-6,8-11H;1H;/q-2;;+1/p-1. The molecule has 0 radical (unpaired) electrons. The molecular weight excluding hydrogens is 392 g/mol. The van der Waals surface area contributed by atoms with E-state index in [9.17, 15) is 0 Å². The molecule has 0 unspecified atom stereocenters. The minimum absolute atomic E-state index is 0.829. The maximum absolute atomic E-state index is 4.45. The summed E-state index contributed by atoms with van der Waals surface area (Å²) in [5, 5.41) is 0. The van der Waals surface area contributed by atoms with Gasteiger partial charge in [0, 0.05) is 5.69 Å². The monoisotopic (exact) mass is 400 g/mol. The predicted molar refractivity (Wildman–Crippen MR) is 86.3 cm³/mol. The number of hydrogen-bond acceptors (Lipinski definition) is 1. The van der Waals surface area contributed by atoms with Crippen LogP contribution in [-0.4, -0.2) is 4.98 Å². The molecular formula is C17H10BrClNNi-2. The summed E-state index contributed by atoms with van der Waals surface area (Å²) in [4.78, 5) is 4.45. The maximum atomic E-state index is 4.45. The Hall–Kier alpha value is -1.15. The van der Waals surface area contributed by atoms with Gasteiger partial charge in [-0.2, -0.15) is 42.0 Å². The van der Waals surface area contributed by atoms with Gasteiger partial charge < -0.3 is 0 Å². The summed E-state index contributed by atoms with van der Waals surface area (Å²) in [5.74, 6) is 0. The van der Waals surface area contributed by atoms with Crippen LogP contribution in [0.5, 0.6) is 0 Å². The Morgan fingerprint density at radius 3 is 2.29 bits per heavy atom. The van der Waals surface area contributed by atoms with E-state index in [1.54, 1.807) is 0 Å². The molecule has 0 atom stereocenters. The van der Waals surface area contributed by atoms with Crippen LogP contribution in [0.25, 0.3) is 22.4 Å². The van der Waals surface area contributed by atoms with E-state index in [-0.39, 0.29) is 0 Å². The Morgan fingerprint density at radius 1 is 0.857 bits per heavy atom. The molecule has 1 heterocycles. The molecule has 4 heteroatoms. The summed E-state index contributed by atoms with van der Waals surface area (Å²) in [6.45, 7) is 0. The molecule has 2 aromatic carbocycles. The van der Waals surface area contributed by atoms with Gasteiger partial charge in [0.25, 0.3) is 0 Å². The van der Waals surface area contributed by atoms with Crippen molar-refractivity contribution in [3.63, 3.8) is 0 Å². The van der Waals surface area contributed by atoms with Crippen molar-refractivity contribution in [1.82, 2.24) is 4.98 Å². The molecule has 0 aliphatic carbocycles. The van der Waals surface area contributed by atoms with E-state index < -0.39 is 0 Å². The van der Waals surface area contributed by atoms with Gasteiger partial charge in [-0.1, -0.05) is 12.1 Å². The molecule has 3 aromatic rings. The molecule has 0 saturated heterocycles. The van der Waals surface area contributed by atoms with Crippen molar-refractivity contribution in [2.24, 2.45) is 0 Å². The van der Waals surface area contributed by atoms with E-state index in [0.29, 0.717) is 0 Å². The van der Waals surface area contributed by atoms with Crippen molar-refractivity contribution < 1.29 is 14.6 Å². The van der Waals surface area contributed by atoms with Crippen molar-refractivity contribution >= 4 is 26.1 Å². The zero-order chi connectivity index (χ0) is 15.1. The number of aromatic nitrogens is 1. The molecule has 0 amide bonds. The van der Waals surface area contributed by atoms with Crippen LogP contribution >= 0.6 is 26.1 Å². The first-order chi connectivity index (χ1) is 10.3. The van der Waals surface area contributed by atoms with Crippen LogP contribution in [0, 0.1) is 12.1 Å². The topological polar surface area (TPSA) is 12.9 Å². The summed E-state index contributed by atoms with van der Waals surface area (Å²) in [6, 6.07) is 26.4. The third-order valence-electron chi connectivity index (χ3n) is 2.79. The Labute approximate surface area is 145 Å². The average molecular weight is 402 g/mol. The van der Waals surface area contributed by atoms with E-state index in [1.165, 1.54) is 0 Å². The normalized spacial score (nSPS) is 9.71. The van der Waals surface area contributed by atoms with E-state index in [0.717, 1.165) is 27.0 Å². The molecule has 109 valence electrons. The van der Waals surface area contributed by atoms with Gasteiger partial charge in [-0.25, -0.2) is 5.56 Å². The van der Waals surface area contributed by atoms with E-state index in [2.05, 4.69) is 57.8 Å². The van der Waals surface area contributed by atoms with Crippen molar-refractivity contribution in [2.75, 3.05) is 0 Å². The second-order valence-electron chi connectivity index (χ2n) is 4.10. The third-order valence-corrected chi connectivity index (χ3v) is 3.23. The number of nitrogens with zero attached hydrogens (tertiary/aromatic N) is 1. The van der Waals surface area contributed by atoms with E-state index in [4.69, 9.17) is 0 Å². The minimum atomic E-state index is 0.829. The summed E-state index contributed by atoms with van der Waals surface area (Å²) in [5.41, 5.74) is 3.96. The summed E-state index contributed by atoms with van der Waals surface area (Å²) in [6.07, 6.45) is 0. The molecule has 0 N–H and O–H groups in total. The summed E-state index contributed by atoms with van der Waals surface area (Å²) >= 11 is 6.74. The van der Waals surface area contributed by atoms with E-state index >= 15 is 0 Å². The molecule has 0 spiro atoms. The van der Waals surface area contributed by atoms with Gasteiger partial charge in [-0.3, -0.25) is 4.98 Å². The number of rotatable bonds is 2. The van der Waals surface area contributed by atoms with Crippen LogP contribution in [0.15, 0.2) is 65.3 Å². The van der Waals surface area contributed by atoms with Crippen molar-refractivity contribution in [2.45, 2.75) is 0 Å². The predicted octanol–water partition coefficient (Wildman–Crippen LogP) is 5.47. The number of halogens is 2. The van der Waals surface area contributed by atoms with Crippen molar-refractivity contribution in [1.29, 1.82) is 0 Å². The molecule has 0 saturated carbocycles. The summed E-state index contributed by atoms with van der Waals surface area (Å²) < 4.78 is 0.829. The summed E-state index contributed by atoms with van der Waals surface area (Å²) in [7, 11) is 4.26. The zero-order valence-corrected chi connectivity index (χ0v) is 14.1. The van der Waals surface area contributed by atoms with E-state index in [1.807, 2.05) is 60.7 Å². The Balaban J connectivity index is 0.000000774. The molecule has 0 aliphatic heterocycles. The van der Waals surface area contributed by atoms with Gasteiger partial charge in [0.05, 0.1) is 4.60 Å². The van der Waals surface area contributed by atoms with Crippen LogP contribution in [0.4, 0.5) is 0 Å². The van der Waals surface area contributed by atoms with Crippen LogP contribution < -0.4 is 0 Å². The number of benzene rings is 2. The van der Waals surface area contributed by atoms with Gasteiger partial charge >= 0.3 is 24.8 Å². The van der Waals surface area contributed by atoms with Crippen LogP contribution in [-0.2, 0) is 14.6 Å². The zero-order valence-electron chi connectivity index (χ0n) is 10.8. The molecule has 1 aromatic heterocycles. The second-order valence-corrected chi connectivity index (χ2v) is 4.91. The molecule has 21 heavy (non-hydrogen) atoms. The Bertz CT molecular complexity index is 704. The van der Waals surface area contributed by atoms with Crippen LogP contribution in [0.3, 0.4) is 0 Å². The van der Waals surface area contributed by atoms with Crippen LogP contribution in [0.2, 0.25) is 0 Å². The first-order valence-electron chi connectivity index (χ1n) is 6.07. The third kappa shape index (κ3) is 4.41. The molecule has 0 bridgehead atoms. The Morgan fingerprint density at radius 2 is 1.57 bits per heavy atom. The fourth-order valence-electron chi connectivity index (χ4n) is 1.89. The number of pyridine rings is 1. The number of hydrogen-bond donors (Lipinski definition) is 0. The quantitative estimate of drug-likeness (QED) is 0.315. The Kier molecular flexibility index (Phi) is 6.44. The fourth-order valence-corrected chi connectivity index (χ4v) is 2.24. The van der Waals surface area contributed by atoms with Gasteiger partial charge in [0.15, 0.2) is 0 Å². The molecule has 0 fully saturated rings. The van der Waals surface area contributed by atoms with Gasteiger partial charge in [-0.15, -0.1) is 23.8 Å². The average Bonchev–Trinajstić information content (AvgIpc) is 2.58. The molecule has 3 rings (SSSR count).